The van der Waals surface area contributed by atoms with Crippen LogP contribution in [0.15, 0.2) is 17.1 Å². The number of halogens is 1. The monoisotopic (exact) mass is 407 g/mol. The van der Waals surface area contributed by atoms with Gasteiger partial charge in [0, 0.05) is 5.92 Å². The highest BCUT2D eigenvalue weighted by molar-refractivity contribution is 9.18. The van der Waals surface area contributed by atoms with Gasteiger partial charge in [0.15, 0.2) is 0 Å². The smallest absolute Gasteiger partial charge is 0.244 e. The number of likely N-dealkylation sites (tertiary alicyclic amines) is 1. The van der Waals surface area contributed by atoms with Crippen molar-refractivity contribution >= 4 is 32.4 Å². The van der Waals surface area contributed by atoms with E-state index in [1.807, 2.05) is 26.0 Å². The number of allylic oxidation sites excluding steroid dienone is 1. The quantitative estimate of drug-likeness (QED) is 0.447. The molecule has 2 aliphatic heterocycles. The number of aliphatic imine (C=N–C) groups is 1. The summed E-state index contributed by atoms with van der Waals surface area (Å²) < 4.78 is 0.698. The molecule has 1 fully saturated rings. The number of nitrogens with one attached hydrogen (secondary N) is 3. The molecule has 134 valence electrons. The van der Waals surface area contributed by atoms with E-state index in [0.717, 1.165) is 0 Å². The fourth-order valence-electron chi connectivity index (χ4n) is 3.43. The van der Waals surface area contributed by atoms with Gasteiger partial charge in [-0.05, 0) is 42.4 Å². The second-order valence-electron chi connectivity index (χ2n) is 6.84. The van der Waals surface area contributed by atoms with Crippen molar-refractivity contribution in [1.82, 2.24) is 21.1 Å². The van der Waals surface area contributed by atoms with E-state index in [2.05, 4.69) is 48.9 Å². The Bertz CT molecular complexity index is 710. The lowest BCUT2D eigenvalue weighted by atomic mass is 9.76. The van der Waals surface area contributed by atoms with Crippen molar-refractivity contribution in [2.24, 2.45) is 16.3 Å². The Morgan fingerprint density at radius 1 is 1.52 bits per heavy atom. The lowest BCUT2D eigenvalue weighted by Gasteiger charge is -2.34. The molecule has 7 nitrogen and oxygen atoms in total. The Kier molecular flexibility index (Phi) is 5.00. The molecular formula is C17H22BrN5O2. The number of carbonyl (C=O) groups is 2. The van der Waals surface area contributed by atoms with Gasteiger partial charge < -0.3 is 10.2 Å². The zero-order valence-electron chi connectivity index (χ0n) is 14.5. The molecule has 3 rings (SSSR count). The molecule has 8 heteroatoms. The summed E-state index contributed by atoms with van der Waals surface area (Å²) >= 11 is 3.34. The molecule has 3 aliphatic rings. The van der Waals surface area contributed by atoms with Crippen LogP contribution in [0.1, 0.15) is 20.3 Å². The van der Waals surface area contributed by atoms with Gasteiger partial charge in [0.2, 0.25) is 11.8 Å². The predicted octanol–water partition coefficient (Wildman–Crippen LogP) is 0.145. The first-order chi connectivity index (χ1) is 11.9. The molecular weight excluding hydrogens is 386 g/mol. The van der Waals surface area contributed by atoms with Crippen LogP contribution in [0.3, 0.4) is 0 Å². The van der Waals surface area contributed by atoms with Crippen molar-refractivity contribution in [3.8, 4) is 11.8 Å². The third-order valence-corrected chi connectivity index (χ3v) is 5.39. The summed E-state index contributed by atoms with van der Waals surface area (Å²) in [5.41, 5.74) is 5.22. The van der Waals surface area contributed by atoms with Crippen molar-refractivity contribution in [2.75, 3.05) is 13.6 Å². The van der Waals surface area contributed by atoms with E-state index in [4.69, 9.17) is 0 Å². The van der Waals surface area contributed by atoms with Gasteiger partial charge in [-0.2, -0.15) is 0 Å². The first-order valence-electron chi connectivity index (χ1n) is 8.31. The van der Waals surface area contributed by atoms with Crippen molar-refractivity contribution < 1.29 is 9.59 Å². The maximum atomic E-state index is 12.9. The van der Waals surface area contributed by atoms with Crippen LogP contribution in [0.5, 0.6) is 0 Å². The van der Waals surface area contributed by atoms with Crippen LogP contribution in [0.25, 0.3) is 0 Å². The fourth-order valence-corrected chi connectivity index (χ4v) is 3.80. The van der Waals surface area contributed by atoms with Gasteiger partial charge in [-0.1, -0.05) is 24.8 Å². The van der Waals surface area contributed by atoms with Crippen molar-refractivity contribution in [1.29, 1.82) is 0 Å². The Morgan fingerprint density at radius 2 is 2.28 bits per heavy atom. The number of nitrogens with zero attached hydrogens (tertiary/aromatic N) is 2. The van der Waals surface area contributed by atoms with E-state index in [9.17, 15) is 9.59 Å². The summed E-state index contributed by atoms with van der Waals surface area (Å²) in [5, 5.41) is 2.97. The SMILES string of the molecule is CNNCC(=O)N1[C@H](C(=O)NC2N=C(Br)C=CC2C)C[C@@]2(C)C#C[C@@H]12. The standard InChI is InChI=1S/C17H22BrN5O2/c1-10-4-5-13(18)21-15(10)22-16(25)11-8-17(2)7-6-12(17)23(11)14(24)9-20-19-3/h4-5,10-12,15,19-20H,8-9H2,1-3H3,(H,22,25)/t10?,11-,12+,15?,17+/m0/s1. The van der Waals surface area contributed by atoms with Crippen LogP contribution < -0.4 is 16.2 Å². The summed E-state index contributed by atoms with van der Waals surface area (Å²) in [4.78, 5) is 31.5. The average Bonchev–Trinajstić information content (AvgIpc) is 2.77. The topological polar surface area (TPSA) is 85.8 Å². The highest BCUT2D eigenvalue weighted by Gasteiger charge is 2.55. The molecule has 0 bridgehead atoms. The normalized spacial score (nSPS) is 35.2. The number of hydrazine groups is 1. The average molecular weight is 408 g/mol. The Hall–Kier alpha value is -1.69. The summed E-state index contributed by atoms with van der Waals surface area (Å²) in [6.07, 6.45) is 4.07. The third kappa shape index (κ3) is 3.36. The van der Waals surface area contributed by atoms with Gasteiger partial charge in [-0.25, -0.2) is 5.43 Å². The van der Waals surface area contributed by atoms with Gasteiger partial charge in [-0.3, -0.25) is 20.0 Å². The minimum Gasteiger partial charge on any atom is -0.332 e. The van der Waals surface area contributed by atoms with E-state index in [0.29, 0.717) is 11.0 Å². The van der Waals surface area contributed by atoms with Crippen molar-refractivity contribution in [3.63, 3.8) is 0 Å². The number of amides is 2. The molecule has 0 aromatic carbocycles. The van der Waals surface area contributed by atoms with Crippen LogP contribution in [0.2, 0.25) is 0 Å². The zero-order valence-corrected chi connectivity index (χ0v) is 16.1. The zero-order chi connectivity index (χ0) is 18.2. The first kappa shape index (κ1) is 18.1. The number of fused-ring (bicyclic) bond motifs is 1. The molecule has 2 heterocycles. The van der Waals surface area contributed by atoms with Crippen LogP contribution in [0.4, 0.5) is 0 Å². The number of dihydropyridines is 1. The number of carbonyl (C=O) groups excluding carboxylic acids is 2. The van der Waals surface area contributed by atoms with Crippen LogP contribution in [-0.4, -0.2) is 53.2 Å². The molecule has 3 N–H and O–H groups in total. The van der Waals surface area contributed by atoms with Crippen molar-refractivity contribution in [2.45, 2.75) is 38.5 Å². The number of hydrogen-bond donors (Lipinski definition) is 3. The minimum absolute atomic E-state index is 0.0883. The summed E-state index contributed by atoms with van der Waals surface area (Å²) in [5.74, 6) is 5.92. The Morgan fingerprint density at radius 3 is 2.92 bits per heavy atom. The van der Waals surface area contributed by atoms with Gasteiger partial charge in [0.05, 0.1) is 12.0 Å². The molecule has 2 amide bonds. The Balaban J connectivity index is 1.74. The van der Waals surface area contributed by atoms with Crippen LogP contribution in [0, 0.1) is 23.2 Å². The van der Waals surface area contributed by atoms with Gasteiger partial charge in [0.1, 0.15) is 22.9 Å². The molecule has 2 unspecified atom stereocenters. The molecule has 0 spiro atoms. The summed E-state index contributed by atoms with van der Waals surface area (Å²) in [6.45, 7) is 4.11. The van der Waals surface area contributed by atoms with E-state index in [1.54, 1.807) is 11.9 Å². The van der Waals surface area contributed by atoms with Gasteiger partial charge in [0.25, 0.3) is 0 Å². The first-order valence-corrected chi connectivity index (χ1v) is 9.10. The Labute approximate surface area is 155 Å². The highest BCUT2D eigenvalue weighted by Crippen LogP contribution is 2.44. The maximum Gasteiger partial charge on any atom is 0.244 e. The number of hydrogen-bond acceptors (Lipinski definition) is 5. The van der Waals surface area contributed by atoms with Gasteiger partial charge >= 0.3 is 0 Å². The summed E-state index contributed by atoms with van der Waals surface area (Å²) in [7, 11) is 1.70. The molecule has 0 aromatic heterocycles. The van der Waals surface area contributed by atoms with E-state index < -0.39 is 6.04 Å². The summed E-state index contributed by atoms with van der Waals surface area (Å²) in [6, 6.07) is -0.746. The molecule has 5 atom stereocenters. The highest BCUT2D eigenvalue weighted by atomic mass is 79.9. The van der Waals surface area contributed by atoms with Crippen LogP contribution >= 0.6 is 15.9 Å². The number of rotatable bonds is 5. The fraction of sp³-hybridized carbons (Fsp3) is 0.588. The molecule has 0 aromatic rings. The molecule has 1 saturated heterocycles. The molecule has 1 aliphatic carbocycles. The largest absolute Gasteiger partial charge is 0.332 e. The lowest BCUT2D eigenvalue weighted by Crippen LogP contribution is -2.55. The maximum absolute atomic E-state index is 12.9. The van der Waals surface area contributed by atoms with E-state index in [-0.39, 0.29) is 41.9 Å². The predicted molar refractivity (Wildman–Crippen MR) is 98.6 cm³/mol. The molecule has 25 heavy (non-hydrogen) atoms. The van der Waals surface area contributed by atoms with Crippen molar-refractivity contribution in [3.05, 3.63) is 12.2 Å². The molecule has 0 radical (unpaired) electrons. The second-order valence-corrected chi connectivity index (χ2v) is 7.65. The van der Waals surface area contributed by atoms with E-state index >= 15 is 0 Å². The lowest BCUT2D eigenvalue weighted by molar-refractivity contribution is -0.139. The molecule has 0 saturated carbocycles. The minimum atomic E-state index is -0.546. The van der Waals surface area contributed by atoms with Gasteiger partial charge in [-0.15, -0.1) is 0 Å². The van der Waals surface area contributed by atoms with Crippen LogP contribution in [-0.2, 0) is 9.59 Å². The van der Waals surface area contributed by atoms with E-state index in [1.165, 1.54) is 0 Å². The third-order valence-electron chi connectivity index (χ3n) is 4.92. The second kappa shape index (κ2) is 6.90.